The van der Waals surface area contributed by atoms with E-state index in [2.05, 4.69) is 104 Å². The van der Waals surface area contributed by atoms with Crippen LogP contribution in [-0.2, 0) is 12.8 Å². The summed E-state index contributed by atoms with van der Waals surface area (Å²) in [6.45, 7) is 4.58. The van der Waals surface area contributed by atoms with Gasteiger partial charge in [0.15, 0.2) is 0 Å². The molecule has 3 aromatic carbocycles. The van der Waals surface area contributed by atoms with Gasteiger partial charge in [0, 0.05) is 0 Å². The van der Waals surface area contributed by atoms with Gasteiger partial charge in [-0.1, -0.05) is 0 Å². The van der Waals surface area contributed by atoms with Crippen LogP contribution in [0.1, 0.15) is 76.3 Å². The van der Waals surface area contributed by atoms with E-state index in [1.807, 2.05) is 0 Å². The van der Waals surface area contributed by atoms with Crippen LogP contribution < -0.4 is 7.16 Å². The third-order valence-electron chi connectivity index (χ3n) is 7.94. The van der Waals surface area contributed by atoms with E-state index < -0.39 is 36.8 Å². The molecule has 0 saturated heterocycles. The second kappa shape index (κ2) is 14.8. The Balaban J connectivity index is 1.99. The van der Waals surface area contributed by atoms with Crippen molar-refractivity contribution in [3.63, 3.8) is 0 Å². The SMILES string of the molecule is CCCCCCc1ccc(-c2c[c]([Sn]([CH3])([CH3])[CH3])c(-c3ccc(CCCCCC)cc3)c[c]2[Sn]([CH3])([CH3])[CH3])cc1. The van der Waals surface area contributed by atoms with Crippen molar-refractivity contribution in [2.75, 3.05) is 0 Å². The van der Waals surface area contributed by atoms with Crippen LogP contribution in [0.3, 0.4) is 0 Å². The summed E-state index contributed by atoms with van der Waals surface area (Å²) < 4.78 is 3.35. The predicted molar refractivity (Wildman–Crippen MR) is 179 cm³/mol. The number of aryl methyl sites for hydroxylation is 2. The Bertz CT molecular complexity index is 1030. The van der Waals surface area contributed by atoms with Crippen molar-refractivity contribution in [2.24, 2.45) is 0 Å². The van der Waals surface area contributed by atoms with Gasteiger partial charge in [0.1, 0.15) is 0 Å². The number of hydrogen-bond acceptors (Lipinski definition) is 0. The van der Waals surface area contributed by atoms with Gasteiger partial charge in [0.25, 0.3) is 0 Å². The molecule has 0 unspecified atom stereocenters. The first-order valence-corrected chi connectivity index (χ1v) is 35.4. The van der Waals surface area contributed by atoms with Gasteiger partial charge in [-0.3, -0.25) is 0 Å². The van der Waals surface area contributed by atoms with Gasteiger partial charge in [-0.05, 0) is 0 Å². The fourth-order valence-electron chi connectivity index (χ4n) is 5.53. The van der Waals surface area contributed by atoms with E-state index in [4.69, 9.17) is 0 Å². The number of benzene rings is 3. The minimum atomic E-state index is -2.40. The fourth-order valence-corrected chi connectivity index (χ4v) is 14.7. The molecular formula is C36H54Sn2. The molecule has 0 aliphatic rings. The third kappa shape index (κ3) is 9.15. The Labute approximate surface area is 243 Å². The maximum absolute atomic E-state index is 2.65. The van der Waals surface area contributed by atoms with Crippen LogP contribution in [0.5, 0.6) is 0 Å². The van der Waals surface area contributed by atoms with Crippen LogP contribution in [0, 0.1) is 0 Å². The molecule has 3 aromatic rings. The molecular weight excluding hydrogens is 670 g/mol. The van der Waals surface area contributed by atoms with E-state index in [0.717, 1.165) is 0 Å². The van der Waals surface area contributed by atoms with Crippen molar-refractivity contribution in [1.29, 1.82) is 0 Å². The Morgan fingerprint density at radius 1 is 0.447 bits per heavy atom. The molecule has 0 bridgehead atoms. The van der Waals surface area contributed by atoms with Gasteiger partial charge < -0.3 is 0 Å². The van der Waals surface area contributed by atoms with Gasteiger partial charge in [-0.2, -0.15) is 0 Å². The third-order valence-corrected chi connectivity index (χ3v) is 19.5. The van der Waals surface area contributed by atoms with Crippen LogP contribution in [0.25, 0.3) is 22.3 Å². The number of rotatable bonds is 14. The van der Waals surface area contributed by atoms with Gasteiger partial charge in [-0.25, -0.2) is 0 Å². The summed E-state index contributed by atoms with van der Waals surface area (Å²) in [5.41, 5.74) is 8.90. The summed E-state index contributed by atoms with van der Waals surface area (Å²) in [4.78, 5) is 15.5. The summed E-state index contributed by atoms with van der Waals surface area (Å²) in [6, 6.07) is 24.6. The van der Waals surface area contributed by atoms with E-state index in [1.165, 1.54) is 97.6 Å². The fraction of sp³-hybridized carbons (Fsp3) is 0.500. The maximum atomic E-state index is 2.65. The molecule has 3 rings (SSSR count). The topological polar surface area (TPSA) is 0 Å². The van der Waals surface area contributed by atoms with Crippen molar-refractivity contribution in [3.05, 3.63) is 71.8 Å². The molecule has 0 aromatic heterocycles. The molecule has 2 heteroatoms. The molecule has 0 atom stereocenters. The monoisotopic (exact) mass is 726 g/mol. The predicted octanol–water partition coefficient (Wildman–Crippen LogP) is 10.4. The minimum absolute atomic E-state index is 1.21. The van der Waals surface area contributed by atoms with Crippen LogP contribution >= 0.6 is 0 Å². The molecule has 38 heavy (non-hydrogen) atoms. The zero-order chi connectivity index (χ0) is 27.8. The van der Waals surface area contributed by atoms with Crippen molar-refractivity contribution >= 4 is 43.9 Å². The van der Waals surface area contributed by atoms with E-state index in [9.17, 15) is 0 Å². The number of unbranched alkanes of at least 4 members (excludes halogenated alkanes) is 6. The summed E-state index contributed by atoms with van der Waals surface area (Å²) in [5.74, 6) is 0. The van der Waals surface area contributed by atoms with Gasteiger partial charge in [0.05, 0.1) is 0 Å². The normalized spacial score (nSPS) is 12.2. The van der Waals surface area contributed by atoms with E-state index >= 15 is 0 Å². The molecule has 0 radical (unpaired) electrons. The molecule has 0 heterocycles. The Kier molecular flexibility index (Phi) is 12.3. The summed E-state index contributed by atoms with van der Waals surface area (Å²) in [7, 11) is 0. The first-order valence-electron chi connectivity index (χ1n) is 15.4. The van der Waals surface area contributed by atoms with Crippen LogP contribution in [0.15, 0.2) is 60.7 Å². The first-order chi connectivity index (χ1) is 18.0. The van der Waals surface area contributed by atoms with Crippen LogP contribution in [0.2, 0.25) is 29.6 Å². The van der Waals surface area contributed by atoms with E-state index in [-0.39, 0.29) is 0 Å². The van der Waals surface area contributed by atoms with Gasteiger partial charge >= 0.3 is 246 Å². The average molecular weight is 724 g/mol. The van der Waals surface area contributed by atoms with Crippen LogP contribution in [-0.4, -0.2) is 36.8 Å². The Morgan fingerprint density at radius 3 is 1.08 bits per heavy atom. The van der Waals surface area contributed by atoms with Crippen molar-refractivity contribution in [3.8, 4) is 22.3 Å². The Morgan fingerprint density at radius 2 is 0.789 bits per heavy atom. The second-order valence-corrected chi connectivity index (χ2v) is 42.2. The van der Waals surface area contributed by atoms with Crippen molar-refractivity contribution in [2.45, 2.75) is 108 Å². The number of hydrogen-bond donors (Lipinski definition) is 0. The quantitative estimate of drug-likeness (QED) is 0.115. The molecule has 0 fully saturated rings. The first kappa shape index (κ1) is 31.8. The van der Waals surface area contributed by atoms with Crippen molar-refractivity contribution in [1.82, 2.24) is 0 Å². The molecule has 0 N–H and O–H groups in total. The van der Waals surface area contributed by atoms with E-state index in [0.29, 0.717) is 0 Å². The molecule has 0 spiro atoms. The van der Waals surface area contributed by atoms with Crippen LogP contribution in [0.4, 0.5) is 0 Å². The zero-order valence-electron chi connectivity index (χ0n) is 25.8. The summed E-state index contributed by atoms with van der Waals surface area (Å²) >= 11 is -4.81. The summed E-state index contributed by atoms with van der Waals surface area (Å²) in [5, 5.41) is 0. The summed E-state index contributed by atoms with van der Waals surface area (Å²) in [6.07, 6.45) is 13.1. The van der Waals surface area contributed by atoms with Gasteiger partial charge in [0.2, 0.25) is 0 Å². The Hall–Kier alpha value is -0.743. The van der Waals surface area contributed by atoms with Crippen molar-refractivity contribution < 1.29 is 0 Å². The standard InChI is InChI=1S/C30H36.6CH3.2Sn/c1-3-5-7-9-11-25-13-17-27(18-14-25)29-21-23-30(24-22-29)28-19-15-26(16-20-28)12-10-8-6-4-2;;;;;;;;/h13-21,24H,3-12H2,1-2H3;6*1H3;;. The second-order valence-electron chi connectivity index (χ2n) is 13.5. The zero-order valence-corrected chi connectivity index (χ0v) is 31.6. The average Bonchev–Trinajstić information content (AvgIpc) is 2.88. The molecule has 0 nitrogen and oxygen atoms in total. The molecule has 0 aliphatic heterocycles. The van der Waals surface area contributed by atoms with Gasteiger partial charge in [-0.15, -0.1) is 0 Å². The molecule has 0 saturated carbocycles. The molecule has 0 amide bonds. The molecule has 206 valence electrons. The van der Waals surface area contributed by atoms with E-state index in [1.54, 1.807) is 7.16 Å². The molecule has 0 aliphatic carbocycles.